The molecule has 0 saturated carbocycles. The number of hydrogen-bond acceptors (Lipinski definition) is 3. The van der Waals surface area contributed by atoms with Crippen molar-refractivity contribution >= 4 is 26.7 Å². The molecule has 1 heterocycles. The predicted octanol–water partition coefficient (Wildman–Crippen LogP) is 3.65. The number of aromatic nitrogens is 1. The first-order valence-electron chi connectivity index (χ1n) is 4.72. The lowest BCUT2D eigenvalue weighted by Gasteiger charge is -1.99. The third kappa shape index (κ3) is 2.11. The van der Waals surface area contributed by atoms with Crippen LogP contribution in [0.4, 0.5) is 18.3 Å². The fraction of sp³-hybridized carbons (Fsp3) is 0.300. The summed E-state index contributed by atoms with van der Waals surface area (Å²) in [7, 11) is 0. The molecule has 6 heteroatoms. The number of rotatable bonds is 1. The monoisotopic (exact) mass is 248 g/mol. The smallest absolute Gasteiger partial charge is 0.181 e. The molecule has 88 valence electrons. The quantitative estimate of drug-likeness (QED) is 0.836. The van der Waals surface area contributed by atoms with E-state index in [1.807, 2.05) is 13.8 Å². The van der Waals surface area contributed by atoms with Crippen molar-refractivity contribution in [1.82, 2.24) is 4.98 Å². The van der Waals surface area contributed by atoms with Gasteiger partial charge in [-0.25, -0.2) is 18.2 Å². The maximum Gasteiger partial charge on any atom is 0.181 e. The van der Waals surface area contributed by atoms with Crippen molar-refractivity contribution in [3.05, 3.63) is 23.3 Å². The molecule has 1 aromatic heterocycles. The van der Waals surface area contributed by atoms with E-state index < -0.39 is 18.3 Å². The van der Waals surface area contributed by atoms with E-state index in [1.54, 1.807) is 0 Å². The normalized spacial score (nSPS) is 10.1. The lowest BCUT2D eigenvalue weighted by atomic mass is 10.2. The van der Waals surface area contributed by atoms with Gasteiger partial charge in [-0.15, -0.1) is 0 Å². The van der Waals surface area contributed by atoms with Crippen molar-refractivity contribution in [2.24, 2.45) is 0 Å². The van der Waals surface area contributed by atoms with Crippen molar-refractivity contribution in [1.29, 1.82) is 0 Å². The predicted molar refractivity (Wildman–Crippen MR) is 60.1 cm³/mol. The van der Waals surface area contributed by atoms with Crippen LogP contribution in [-0.4, -0.2) is 4.98 Å². The molecule has 0 amide bonds. The Labute approximate surface area is 94.9 Å². The van der Waals surface area contributed by atoms with Crippen molar-refractivity contribution < 1.29 is 13.2 Å². The molecular formula is C10H11F3N2S. The van der Waals surface area contributed by atoms with E-state index in [-0.39, 0.29) is 20.9 Å². The van der Waals surface area contributed by atoms with Crippen LogP contribution in [0, 0.1) is 11.6 Å². The Morgan fingerprint density at radius 2 is 1.94 bits per heavy atom. The minimum Gasteiger partial charge on any atom is -0.375 e. The number of anilines is 1. The molecule has 0 fully saturated rings. The Morgan fingerprint density at radius 1 is 1.31 bits per heavy atom. The van der Waals surface area contributed by atoms with Gasteiger partial charge < -0.3 is 5.73 Å². The summed E-state index contributed by atoms with van der Waals surface area (Å²) < 4.78 is 38.7. The molecule has 0 radical (unpaired) electrons. The zero-order valence-electron chi connectivity index (χ0n) is 8.85. The molecule has 2 nitrogen and oxygen atoms in total. The number of fused-ring (bicyclic) bond motifs is 1. The third-order valence-electron chi connectivity index (χ3n) is 1.82. The number of nitrogens with zero attached hydrogens (tertiary/aromatic N) is 1. The van der Waals surface area contributed by atoms with Crippen LogP contribution in [0.3, 0.4) is 0 Å². The molecule has 2 rings (SSSR count). The topological polar surface area (TPSA) is 38.9 Å². The lowest BCUT2D eigenvalue weighted by Crippen LogP contribution is -1.91. The first kappa shape index (κ1) is 12.8. The second kappa shape index (κ2) is 5.16. The molecule has 0 atom stereocenters. The number of benzene rings is 1. The van der Waals surface area contributed by atoms with Gasteiger partial charge in [-0.2, -0.15) is 0 Å². The summed E-state index contributed by atoms with van der Waals surface area (Å²) in [6.45, 7) is 2.98. The van der Waals surface area contributed by atoms with E-state index in [0.717, 1.165) is 11.3 Å². The number of halogens is 3. The van der Waals surface area contributed by atoms with Gasteiger partial charge in [-0.1, -0.05) is 25.2 Å². The van der Waals surface area contributed by atoms with Crippen molar-refractivity contribution in [3.63, 3.8) is 0 Å². The molecule has 2 N–H and O–H groups in total. The molecule has 0 saturated heterocycles. The molecule has 16 heavy (non-hydrogen) atoms. The van der Waals surface area contributed by atoms with Crippen molar-refractivity contribution in [2.45, 2.75) is 20.5 Å². The summed E-state index contributed by atoms with van der Waals surface area (Å²) in [4.78, 5) is 3.68. The summed E-state index contributed by atoms with van der Waals surface area (Å²) in [5.41, 5.74) is 5.07. The molecule has 0 unspecified atom stereocenters. The standard InChI is InChI=1S/C8H5F3N2S.C2H6/c9-2-3-4(10)1-5(11)7-6(3)13-8(12)14-7;1-2/h1H,2H2,(H2,12,13);1-2H3. The number of hydrogen-bond donors (Lipinski definition) is 1. The summed E-state index contributed by atoms with van der Waals surface area (Å²) >= 11 is 0.875. The van der Waals surface area contributed by atoms with Gasteiger partial charge in [0, 0.05) is 11.6 Å². The Kier molecular flexibility index (Phi) is 4.12. The van der Waals surface area contributed by atoms with E-state index in [2.05, 4.69) is 4.98 Å². The fourth-order valence-corrected chi connectivity index (χ4v) is 1.98. The highest BCUT2D eigenvalue weighted by Gasteiger charge is 2.15. The van der Waals surface area contributed by atoms with Gasteiger partial charge in [0.1, 0.15) is 18.3 Å². The average Bonchev–Trinajstić information content (AvgIpc) is 2.64. The highest BCUT2D eigenvalue weighted by Crippen LogP contribution is 2.31. The van der Waals surface area contributed by atoms with Crippen molar-refractivity contribution in [3.8, 4) is 0 Å². The summed E-state index contributed by atoms with van der Waals surface area (Å²) in [6, 6.07) is 0.648. The van der Waals surface area contributed by atoms with Gasteiger partial charge in [0.2, 0.25) is 0 Å². The molecular weight excluding hydrogens is 237 g/mol. The third-order valence-corrected chi connectivity index (χ3v) is 2.71. The van der Waals surface area contributed by atoms with Gasteiger partial charge in [0.15, 0.2) is 5.13 Å². The molecule has 0 aliphatic carbocycles. The Bertz CT molecular complexity index is 496. The van der Waals surface area contributed by atoms with Gasteiger partial charge in [0.25, 0.3) is 0 Å². The lowest BCUT2D eigenvalue weighted by molar-refractivity contribution is 0.464. The van der Waals surface area contributed by atoms with E-state index in [1.165, 1.54) is 0 Å². The van der Waals surface area contributed by atoms with Crippen LogP contribution in [0.15, 0.2) is 6.07 Å². The van der Waals surface area contributed by atoms with Crippen LogP contribution < -0.4 is 5.73 Å². The SMILES string of the molecule is CC.Nc1nc2c(CF)c(F)cc(F)c2s1. The molecule has 1 aromatic carbocycles. The molecule has 0 bridgehead atoms. The zero-order valence-corrected chi connectivity index (χ0v) is 9.67. The van der Waals surface area contributed by atoms with Crippen LogP contribution >= 0.6 is 11.3 Å². The summed E-state index contributed by atoms with van der Waals surface area (Å²) in [5.74, 6) is -1.69. The second-order valence-electron chi connectivity index (χ2n) is 2.68. The Morgan fingerprint density at radius 3 is 2.50 bits per heavy atom. The minimum atomic E-state index is -1.02. The van der Waals surface area contributed by atoms with Crippen LogP contribution in [0.2, 0.25) is 0 Å². The number of thiazole rings is 1. The van der Waals surface area contributed by atoms with E-state index in [0.29, 0.717) is 6.07 Å². The number of nitrogen functional groups attached to an aromatic ring is 1. The van der Waals surface area contributed by atoms with Gasteiger partial charge in [-0.05, 0) is 0 Å². The first-order chi connectivity index (χ1) is 7.63. The van der Waals surface area contributed by atoms with Crippen LogP contribution in [0.5, 0.6) is 0 Å². The fourth-order valence-electron chi connectivity index (χ4n) is 1.21. The van der Waals surface area contributed by atoms with E-state index >= 15 is 0 Å². The summed E-state index contributed by atoms with van der Waals surface area (Å²) in [6.07, 6.45) is 0. The number of alkyl halides is 1. The highest BCUT2D eigenvalue weighted by molar-refractivity contribution is 7.22. The average molecular weight is 248 g/mol. The first-order valence-corrected chi connectivity index (χ1v) is 5.54. The Balaban J connectivity index is 0.000000606. The van der Waals surface area contributed by atoms with E-state index in [9.17, 15) is 13.2 Å². The second-order valence-corrected chi connectivity index (χ2v) is 3.71. The molecule has 0 aliphatic heterocycles. The van der Waals surface area contributed by atoms with E-state index in [4.69, 9.17) is 5.73 Å². The van der Waals surface area contributed by atoms with Crippen LogP contribution in [-0.2, 0) is 6.67 Å². The molecule has 0 spiro atoms. The molecule has 0 aliphatic rings. The van der Waals surface area contributed by atoms with Gasteiger partial charge >= 0.3 is 0 Å². The van der Waals surface area contributed by atoms with Gasteiger partial charge in [0.05, 0.1) is 10.2 Å². The maximum atomic E-state index is 13.1. The van der Waals surface area contributed by atoms with Gasteiger partial charge in [-0.3, -0.25) is 0 Å². The largest absolute Gasteiger partial charge is 0.375 e. The highest BCUT2D eigenvalue weighted by atomic mass is 32.1. The van der Waals surface area contributed by atoms with Crippen LogP contribution in [0.1, 0.15) is 19.4 Å². The molecule has 2 aromatic rings. The maximum absolute atomic E-state index is 13.1. The Hall–Kier alpha value is -1.30. The van der Waals surface area contributed by atoms with Crippen molar-refractivity contribution in [2.75, 3.05) is 5.73 Å². The zero-order chi connectivity index (χ0) is 12.3. The van der Waals surface area contributed by atoms with Crippen LogP contribution in [0.25, 0.3) is 10.2 Å². The minimum absolute atomic E-state index is 0.0208. The number of nitrogens with two attached hydrogens (primary N) is 1. The summed E-state index contributed by atoms with van der Waals surface area (Å²) in [5, 5.41) is 0.0965.